The standard InChI is InChI=1S/C13H23NO/c1-10-2-4-11(5-3-10)14-8-13(9-14)15-12-6-7-12/h10-13H,2-9H2,1H3/t10-,11+. The van der Waals surface area contributed by atoms with Gasteiger partial charge in [0.25, 0.3) is 0 Å². The summed E-state index contributed by atoms with van der Waals surface area (Å²) in [6, 6.07) is 0.889. The molecule has 0 bridgehead atoms. The highest BCUT2D eigenvalue weighted by Gasteiger charge is 2.37. The van der Waals surface area contributed by atoms with Crippen LogP contribution in [-0.4, -0.2) is 36.2 Å². The Kier molecular flexibility index (Phi) is 2.73. The highest BCUT2D eigenvalue weighted by molar-refractivity contribution is 4.90. The molecule has 2 nitrogen and oxygen atoms in total. The van der Waals surface area contributed by atoms with Crippen molar-refractivity contribution < 1.29 is 4.74 Å². The summed E-state index contributed by atoms with van der Waals surface area (Å²) in [6.07, 6.45) is 9.59. The monoisotopic (exact) mass is 209 g/mol. The Bertz CT molecular complexity index is 213. The van der Waals surface area contributed by atoms with Gasteiger partial charge in [0.2, 0.25) is 0 Å². The fraction of sp³-hybridized carbons (Fsp3) is 1.00. The van der Waals surface area contributed by atoms with Crippen molar-refractivity contribution in [1.82, 2.24) is 4.90 Å². The molecule has 0 unspecified atom stereocenters. The Labute approximate surface area is 93.0 Å². The summed E-state index contributed by atoms with van der Waals surface area (Å²) in [5.74, 6) is 0.973. The van der Waals surface area contributed by atoms with E-state index in [-0.39, 0.29) is 0 Å². The van der Waals surface area contributed by atoms with E-state index in [1.807, 2.05) is 0 Å². The fourth-order valence-corrected chi connectivity index (χ4v) is 2.94. The summed E-state index contributed by atoms with van der Waals surface area (Å²) < 4.78 is 5.90. The fourth-order valence-electron chi connectivity index (χ4n) is 2.94. The van der Waals surface area contributed by atoms with Gasteiger partial charge in [-0.1, -0.05) is 6.92 Å². The Hall–Kier alpha value is -0.0800. The predicted molar refractivity (Wildman–Crippen MR) is 60.9 cm³/mol. The predicted octanol–water partition coefficient (Wildman–Crippen LogP) is 2.43. The van der Waals surface area contributed by atoms with Gasteiger partial charge < -0.3 is 4.74 Å². The van der Waals surface area contributed by atoms with Crippen molar-refractivity contribution in [3.05, 3.63) is 0 Å². The second kappa shape index (κ2) is 4.06. The molecule has 3 aliphatic rings. The van der Waals surface area contributed by atoms with Crippen molar-refractivity contribution in [1.29, 1.82) is 0 Å². The zero-order valence-corrected chi connectivity index (χ0v) is 9.82. The maximum atomic E-state index is 5.90. The van der Waals surface area contributed by atoms with Crippen LogP contribution >= 0.6 is 0 Å². The third kappa shape index (κ3) is 2.36. The van der Waals surface area contributed by atoms with Crippen LogP contribution in [0.4, 0.5) is 0 Å². The van der Waals surface area contributed by atoms with E-state index < -0.39 is 0 Å². The van der Waals surface area contributed by atoms with E-state index in [9.17, 15) is 0 Å². The average molecular weight is 209 g/mol. The van der Waals surface area contributed by atoms with Gasteiger partial charge >= 0.3 is 0 Å². The van der Waals surface area contributed by atoms with Gasteiger partial charge in [-0.3, -0.25) is 4.90 Å². The molecule has 0 radical (unpaired) electrons. The van der Waals surface area contributed by atoms with Gasteiger partial charge in [-0.15, -0.1) is 0 Å². The van der Waals surface area contributed by atoms with Crippen LogP contribution in [0.25, 0.3) is 0 Å². The molecule has 0 atom stereocenters. The first-order valence-electron chi connectivity index (χ1n) is 6.71. The van der Waals surface area contributed by atoms with Crippen LogP contribution in [0.5, 0.6) is 0 Å². The highest BCUT2D eigenvalue weighted by atomic mass is 16.5. The molecular formula is C13H23NO. The van der Waals surface area contributed by atoms with Crippen molar-refractivity contribution in [2.75, 3.05) is 13.1 Å². The van der Waals surface area contributed by atoms with E-state index >= 15 is 0 Å². The second-order valence-electron chi connectivity index (χ2n) is 5.83. The lowest BCUT2D eigenvalue weighted by molar-refractivity contribution is -0.0854. The maximum absolute atomic E-state index is 5.90. The molecule has 3 rings (SSSR count). The van der Waals surface area contributed by atoms with Crippen LogP contribution in [0.15, 0.2) is 0 Å². The van der Waals surface area contributed by atoms with Crippen molar-refractivity contribution in [2.24, 2.45) is 5.92 Å². The third-order valence-corrected chi connectivity index (χ3v) is 4.29. The molecule has 1 heterocycles. The first-order valence-corrected chi connectivity index (χ1v) is 6.71. The summed E-state index contributed by atoms with van der Waals surface area (Å²) in [7, 11) is 0. The third-order valence-electron chi connectivity index (χ3n) is 4.29. The summed E-state index contributed by atoms with van der Waals surface area (Å²) in [6.45, 7) is 4.83. The Balaban J connectivity index is 1.38. The van der Waals surface area contributed by atoms with Crippen LogP contribution in [0, 0.1) is 5.92 Å². The zero-order valence-electron chi connectivity index (χ0n) is 9.82. The Morgan fingerprint density at radius 3 is 2.13 bits per heavy atom. The molecule has 0 N–H and O–H groups in total. The molecule has 0 spiro atoms. The van der Waals surface area contributed by atoms with Crippen molar-refractivity contribution in [3.63, 3.8) is 0 Å². The first kappa shape index (κ1) is 10.1. The zero-order chi connectivity index (χ0) is 10.3. The van der Waals surface area contributed by atoms with Gasteiger partial charge in [0, 0.05) is 19.1 Å². The molecule has 0 aromatic heterocycles. The van der Waals surface area contributed by atoms with E-state index in [0.717, 1.165) is 12.0 Å². The lowest BCUT2D eigenvalue weighted by Crippen LogP contribution is -2.57. The van der Waals surface area contributed by atoms with Crippen molar-refractivity contribution in [2.45, 2.75) is 63.7 Å². The normalized spacial score (nSPS) is 39.0. The number of hydrogen-bond donors (Lipinski definition) is 0. The molecule has 0 aromatic rings. The lowest BCUT2D eigenvalue weighted by atomic mass is 9.85. The summed E-state index contributed by atoms with van der Waals surface area (Å²) in [5.41, 5.74) is 0. The minimum atomic E-state index is 0.580. The number of rotatable bonds is 3. The van der Waals surface area contributed by atoms with E-state index in [4.69, 9.17) is 4.74 Å². The van der Waals surface area contributed by atoms with E-state index in [0.29, 0.717) is 12.2 Å². The molecule has 2 heteroatoms. The van der Waals surface area contributed by atoms with Gasteiger partial charge in [0.05, 0.1) is 12.2 Å². The quantitative estimate of drug-likeness (QED) is 0.708. The number of nitrogens with zero attached hydrogens (tertiary/aromatic N) is 1. The molecule has 0 aromatic carbocycles. The second-order valence-corrected chi connectivity index (χ2v) is 5.83. The summed E-state index contributed by atoms with van der Waals surface area (Å²) in [5, 5.41) is 0. The lowest BCUT2D eigenvalue weighted by Gasteiger charge is -2.46. The van der Waals surface area contributed by atoms with Gasteiger partial charge in [-0.2, -0.15) is 0 Å². The van der Waals surface area contributed by atoms with Gasteiger partial charge in [-0.05, 0) is 44.4 Å². The number of hydrogen-bond acceptors (Lipinski definition) is 2. The number of likely N-dealkylation sites (tertiary alicyclic amines) is 1. The van der Waals surface area contributed by atoms with Crippen molar-refractivity contribution >= 4 is 0 Å². The molecule has 1 saturated heterocycles. The minimum absolute atomic E-state index is 0.580. The SMILES string of the molecule is C[C@H]1CC[C@@H](N2CC(OC3CC3)C2)CC1. The number of ether oxygens (including phenoxy) is 1. The topological polar surface area (TPSA) is 12.5 Å². The van der Waals surface area contributed by atoms with Crippen LogP contribution < -0.4 is 0 Å². The van der Waals surface area contributed by atoms with Crippen molar-refractivity contribution in [3.8, 4) is 0 Å². The molecule has 15 heavy (non-hydrogen) atoms. The molecule has 2 aliphatic carbocycles. The molecule has 3 fully saturated rings. The molecule has 86 valence electrons. The van der Waals surface area contributed by atoms with E-state index in [2.05, 4.69) is 11.8 Å². The summed E-state index contributed by atoms with van der Waals surface area (Å²) >= 11 is 0. The van der Waals surface area contributed by atoms with Crippen LogP contribution in [0.1, 0.15) is 45.4 Å². The minimum Gasteiger partial charge on any atom is -0.372 e. The van der Waals surface area contributed by atoms with E-state index in [1.165, 1.54) is 51.6 Å². The molecule has 1 aliphatic heterocycles. The highest BCUT2D eigenvalue weighted by Crippen LogP contribution is 2.32. The molecule has 0 amide bonds. The first-order chi connectivity index (χ1) is 7.31. The Morgan fingerprint density at radius 2 is 1.53 bits per heavy atom. The van der Waals surface area contributed by atoms with Gasteiger partial charge in [-0.25, -0.2) is 0 Å². The van der Waals surface area contributed by atoms with Crippen LogP contribution in [-0.2, 0) is 4.74 Å². The van der Waals surface area contributed by atoms with E-state index in [1.54, 1.807) is 0 Å². The molecule has 2 saturated carbocycles. The van der Waals surface area contributed by atoms with Crippen LogP contribution in [0.3, 0.4) is 0 Å². The van der Waals surface area contributed by atoms with Crippen LogP contribution in [0.2, 0.25) is 0 Å². The summed E-state index contributed by atoms with van der Waals surface area (Å²) in [4.78, 5) is 2.65. The largest absolute Gasteiger partial charge is 0.372 e. The Morgan fingerprint density at radius 1 is 0.867 bits per heavy atom. The smallest absolute Gasteiger partial charge is 0.0832 e. The van der Waals surface area contributed by atoms with Gasteiger partial charge in [0.1, 0.15) is 0 Å². The maximum Gasteiger partial charge on any atom is 0.0832 e. The average Bonchev–Trinajstić information content (AvgIpc) is 2.96. The van der Waals surface area contributed by atoms with Gasteiger partial charge in [0.15, 0.2) is 0 Å². The molecular weight excluding hydrogens is 186 g/mol.